The summed E-state index contributed by atoms with van der Waals surface area (Å²) >= 11 is 0. The van der Waals surface area contributed by atoms with Crippen molar-refractivity contribution in [3.8, 4) is 17.2 Å². The van der Waals surface area contributed by atoms with Gasteiger partial charge in [-0.2, -0.15) is 0 Å². The molecular formula is C20H20F3N3O5. The number of nitrogens with one attached hydrogen (secondary N) is 2. The smallest absolute Gasteiger partial charge is 0.493 e. The van der Waals surface area contributed by atoms with Gasteiger partial charge in [0, 0.05) is 30.4 Å². The Balaban J connectivity index is 1.58. The number of hydrogen-bond donors (Lipinski definition) is 2. The molecule has 1 fully saturated rings. The number of nitrogens with zero attached hydrogens (tertiary/aromatic N) is 1. The van der Waals surface area contributed by atoms with E-state index >= 15 is 0 Å². The highest BCUT2D eigenvalue weighted by Gasteiger charge is 2.32. The SMILES string of the molecule is COc1ccc(N2C[C@@H](NC(=O)Nc3ccc(OC(F)(F)F)cc3)CC2=O)cc1OC. The molecule has 0 radical (unpaired) electrons. The number of carbonyl (C=O) groups is 2. The fourth-order valence-electron chi connectivity index (χ4n) is 3.14. The highest BCUT2D eigenvalue weighted by molar-refractivity contribution is 5.98. The van der Waals surface area contributed by atoms with Gasteiger partial charge in [-0.3, -0.25) is 4.79 Å². The fraction of sp³-hybridized carbons (Fsp3) is 0.300. The molecule has 0 unspecified atom stereocenters. The van der Waals surface area contributed by atoms with Crippen molar-refractivity contribution in [3.05, 3.63) is 42.5 Å². The summed E-state index contributed by atoms with van der Waals surface area (Å²) < 4.78 is 50.8. The van der Waals surface area contributed by atoms with E-state index in [1.165, 1.54) is 31.3 Å². The van der Waals surface area contributed by atoms with Gasteiger partial charge in [0.05, 0.1) is 20.3 Å². The summed E-state index contributed by atoms with van der Waals surface area (Å²) in [4.78, 5) is 26.1. The molecule has 3 amide bonds. The molecule has 3 rings (SSSR count). The molecule has 31 heavy (non-hydrogen) atoms. The van der Waals surface area contributed by atoms with Crippen molar-refractivity contribution in [2.24, 2.45) is 0 Å². The first-order valence-electron chi connectivity index (χ1n) is 9.14. The lowest BCUT2D eigenvalue weighted by Gasteiger charge is -2.19. The van der Waals surface area contributed by atoms with E-state index in [1.54, 1.807) is 18.2 Å². The van der Waals surface area contributed by atoms with Gasteiger partial charge in [0.15, 0.2) is 11.5 Å². The number of halogens is 3. The molecule has 0 aromatic heterocycles. The highest BCUT2D eigenvalue weighted by Crippen LogP contribution is 2.33. The van der Waals surface area contributed by atoms with E-state index in [0.717, 1.165) is 12.1 Å². The van der Waals surface area contributed by atoms with Crippen LogP contribution in [-0.4, -0.2) is 45.1 Å². The van der Waals surface area contributed by atoms with Crippen molar-refractivity contribution in [1.82, 2.24) is 5.32 Å². The minimum absolute atomic E-state index is 0.0973. The molecule has 0 spiro atoms. The van der Waals surface area contributed by atoms with E-state index in [2.05, 4.69) is 15.4 Å². The Labute approximate surface area is 175 Å². The molecule has 1 atom stereocenters. The minimum atomic E-state index is -4.79. The zero-order valence-electron chi connectivity index (χ0n) is 16.7. The molecule has 0 aliphatic carbocycles. The maximum absolute atomic E-state index is 12.4. The summed E-state index contributed by atoms with van der Waals surface area (Å²) in [5, 5.41) is 5.19. The molecule has 1 aliphatic rings. The number of urea groups is 1. The van der Waals surface area contributed by atoms with Crippen LogP contribution in [0.25, 0.3) is 0 Å². The van der Waals surface area contributed by atoms with E-state index in [9.17, 15) is 22.8 Å². The molecule has 0 saturated carbocycles. The molecule has 8 nitrogen and oxygen atoms in total. The second kappa shape index (κ2) is 9.02. The summed E-state index contributed by atoms with van der Waals surface area (Å²) in [7, 11) is 3.00. The number of amides is 3. The standard InChI is InChI=1S/C20H20F3N3O5/c1-29-16-8-5-14(10-17(16)30-2)26-11-13(9-18(26)27)25-19(28)24-12-3-6-15(7-4-12)31-20(21,22)23/h3-8,10,13H,9,11H2,1-2H3,(H2,24,25,28)/t13-/m0/s1. The summed E-state index contributed by atoms with van der Waals surface area (Å²) in [5.41, 5.74) is 0.876. The van der Waals surface area contributed by atoms with Crippen molar-refractivity contribution in [3.63, 3.8) is 0 Å². The Kier molecular flexibility index (Phi) is 6.42. The van der Waals surface area contributed by atoms with Crippen molar-refractivity contribution in [2.75, 3.05) is 31.0 Å². The van der Waals surface area contributed by atoms with Crippen LogP contribution in [0.4, 0.5) is 29.3 Å². The van der Waals surface area contributed by atoms with Gasteiger partial charge in [0.25, 0.3) is 0 Å². The number of hydrogen-bond acceptors (Lipinski definition) is 5. The lowest BCUT2D eigenvalue weighted by Crippen LogP contribution is -2.39. The Morgan fingerprint density at radius 3 is 2.35 bits per heavy atom. The highest BCUT2D eigenvalue weighted by atomic mass is 19.4. The number of ether oxygens (including phenoxy) is 3. The third kappa shape index (κ3) is 5.71. The Morgan fingerprint density at radius 2 is 1.74 bits per heavy atom. The van der Waals surface area contributed by atoms with Crippen LogP contribution >= 0.6 is 0 Å². The summed E-state index contributed by atoms with van der Waals surface area (Å²) in [6.07, 6.45) is -4.69. The van der Waals surface area contributed by atoms with Gasteiger partial charge in [-0.1, -0.05) is 0 Å². The first kappa shape index (κ1) is 22.1. The molecule has 0 bridgehead atoms. The van der Waals surface area contributed by atoms with Crippen molar-refractivity contribution in [2.45, 2.75) is 18.8 Å². The molecule has 1 saturated heterocycles. The predicted octanol–water partition coefficient (Wildman–Crippen LogP) is 3.53. The summed E-state index contributed by atoms with van der Waals surface area (Å²) in [6.45, 7) is 0.250. The number of benzene rings is 2. The summed E-state index contributed by atoms with van der Waals surface area (Å²) in [5.74, 6) is 0.426. The number of carbonyl (C=O) groups excluding carboxylic acids is 2. The van der Waals surface area contributed by atoms with Gasteiger partial charge in [-0.05, 0) is 36.4 Å². The molecular weight excluding hydrogens is 419 g/mol. The number of methoxy groups -OCH3 is 2. The summed E-state index contributed by atoms with van der Waals surface area (Å²) in [6, 6.07) is 8.75. The van der Waals surface area contributed by atoms with Crippen LogP contribution in [0.1, 0.15) is 6.42 Å². The molecule has 2 N–H and O–H groups in total. The van der Waals surface area contributed by atoms with Crippen LogP contribution < -0.4 is 29.7 Å². The van der Waals surface area contributed by atoms with Crippen LogP contribution in [0.2, 0.25) is 0 Å². The third-order valence-corrected chi connectivity index (χ3v) is 4.48. The largest absolute Gasteiger partial charge is 0.573 e. The average Bonchev–Trinajstić information content (AvgIpc) is 3.07. The Morgan fingerprint density at radius 1 is 1.06 bits per heavy atom. The number of rotatable bonds is 6. The van der Waals surface area contributed by atoms with Gasteiger partial charge >= 0.3 is 12.4 Å². The van der Waals surface area contributed by atoms with Crippen LogP contribution in [0, 0.1) is 0 Å². The fourth-order valence-corrected chi connectivity index (χ4v) is 3.14. The zero-order chi connectivity index (χ0) is 22.6. The van der Waals surface area contributed by atoms with Gasteiger partial charge < -0.3 is 29.7 Å². The monoisotopic (exact) mass is 439 g/mol. The molecule has 2 aromatic rings. The number of alkyl halides is 3. The van der Waals surface area contributed by atoms with E-state index in [1.807, 2.05) is 0 Å². The molecule has 11 heteroatoms. The maximum atomic E-state index is 12.4. The molecule has 1 aliphatic heterocycles. The topological polar surface area (TPSA) is 89.1 Å². The quantitative estimate of drug-likeness (QED) is 0.719. The maximum Gasteiger partial charge on any atom is 0.573 e. The second-order valence-electron chi connectivity index (χ2n) is 6.62. The lowest BCUT2D eigenvalue weighted by molar-refractivity contribution is -0.274. The molecule has 166 valence electrons. The van der Waals surface area contributed by atoms with Crippen LogP contribution in [0.15, 0.2) is 42.5 Å². The van der Waals surface area contributed by atoms with Crippen LogP contribution in [0.5, 0.6) is 17.2 Å². The first-order valence-corrected chi connectivity index (χ1v) is 9.14. The first-order chi connectivity index (χ1) is 14.7. The molecule has 1 heterocycles. The Hall–Kier alpha value is -3.63. The van der Waals surface area contributed by atoms with Gasteiger partial charge in [0.1, 0.15) is 5.75 Å². The average molecular weight is 439 g/mol. The van der Waals surface area contributed by atoms with Crippen LogP contribution in [0.3, 0.4) is 0 Å². The van der Waals surface area contributed by atoms with Gasteiger partial charge in [0.2, 0.25) is 5.91 Å². The lowest BCUT2D eigenvalue weighted by atomic mass is 10.2. The van der Waals surface area contributed by atoms with Crippen molar-refractivity contribution >= 4 is 23.3 Å². The van der Waals surface area contributed by atoms with Crippen molar-refractivity contribution in [1.29, 1.82) is 0 Å². The minimum Gasteiger partial charge on any atom is -0.493 e. The third-order valence-electron chi connectivity index (χ3n) is 4.48. The second-order valence-corrected chi connectivity index (χ2v) is 6.62. The molecule has 2 aromatic carbocycles. The van der Waals surface area contributed by atoms with Crippen LogP contribution in [-0.2, 0) is 4.79 Å². The zero-order valence-corrected chi connectivity index (χ0v) is 16.7. The normalized spacial score (nSPS) is 16.1. The van der Waals surface area contributed by atoms with Gasteiger partial charge in [-0.25, -0.2) is 4.79 Å². The van der Waals surface area contributed by atoms with E-state index in [-0.39, 0.29) is 24.6 Å². The van der Waals surface area contributed by atoms with Gasteiger partial charge in [-0.15, -0.1) is 13.2 Å². The predicted molar refractivity (Wildman–Crippen MR) is 106 cm³/mol. The van der Waals surface area contributed by atoms with Crippen molar-refractivity contribution < 1.29 is 37.0 Å². The van der Waals surface area contributed by atoms with E-state index in [4.69, 9.17) is 9.47 Å². The number of anilines is 2. The van der Waals surface area contributed by atoms with E-state index in [0.29, 0.717) is 17.2 Å². The van der Waals surface area contributed by atoms with E-state index < -0.39 is 24.2 Å². The Bertz CT molecular complexity index is 950.